The lowest BCUT2D eigenvalue weighted by atomic mass is 9.98. The van der Waals surface area contributed by atoms with E-state index in [1.165, 1.54) is 11.6 Å². The maximum Gasteiger partial charge on any atom is 0.123 e. The van der Waals surface area contributed by atoms with Gasteiger partial charge in [0.15, 0.2) is 0 Å². The Morgan fingerprint density at radius 2 is 2.16 bits per heavy atom. The van der Waals surface area contributed by atoms with Gasteiger partial charge in [-0.15, -0.1) is 0 Å². The highest BCUT2D eigenvalue weighted by Gasteiger charge is 2.10. The Bertz CT molecular complexity index is 507. The Hall–Kier alpha value is -1.61. The molecule has 3 heteroatoms. The summed E-state index contributed by atoms with van der Waals surface area (Å²) >= 11 is 0. The molecule has 2 nitrogen and oxygen atoms in total. The first-order valence-electron chi connectivity index (χ1n) is 6.63. The van der Waals surface area contributed by atoms with Crippen LogP contribution in [-0.2, 0) is 12.8 Å². The summed E-state index contributed by atoms with van der Waals surface area (Å²) in [4.78, 5) is 0. The van der Waals surface area contributed by atoms with Crippen LogP contribution in [-0.4, -0.2) is 13.1 Å². The molecular formula is C16H20FNO. The van der Waals surface area contributed by atoms with Gasteiger partial charge in [0, 0.05) is 12.5 Å². The van der Waals surface area contributed by atoms with E-state index in [-0.39, 0.29) is 5.82 Å². The van der Waals surface area contributed by atoms with Crippen LogP contribution in [0.1, 0.15) is 23.3 Å². The molecule has 1 unspecified atom stereocenters. The van der Waals surface area contributed by atoms with Crippen LogP contribution in [0.2, 0.25) is 0 Å². The number of hydrogen-bond acceptors (Lipinski definition) is 2. The molecule has 19 heavy (non-hydrogen) atoms. The molecule has 2 aromatic rings. The predicted molar refractivity (Wildman–Crippen MR) is 74.7 cm³/mol. The third-order valence-corrected chi connectivity index (χ3v) is 3.50. The van der Waals surface area contributed by atoms with Crippen molar-refractivity contribution in [3.05, 3.63) is 59.3 Å². The zero-order valence-corrected chi connectivity index (χ0v) is 11.4. The summed E-state index contributed by atoms with van der Waals surface area (Å²) in [5.74, 6) is 0.842. The normalized spacial score (nSPS) is 12.6. The highest BCUT2D eigenvalue weighted by atomic mass is 19.1. The van der Waals surface area contributed by atoms with Gasteiger partial charge in [0.2, 0.25) is 0 Å². The van der Waals surface area contributed by atoms with Crippen molar-refractivity contribution in [1.29, 1.82) is 0 Å². The first-order valence-corrected chi connectivity index (χ1v) is 6.63. The third-order valence-electron chi connectivity index (χ3n) is 3.50. The van der Waals surface area contributed by atoms with E-state index in [2.05, 4.69) is 5.32 Å². The van der Waals surface area contributed by atoms with Crippen LogP contribution in [0.5, 0.6) is 0 Å². The van der Waals surface area contributed by atoms with Crippen LogP contribution in [0.15, 0.2) is 41.0 Å². The van der Waals surface area contributed by atoms with E-state index >= 15 is 0 Å². The fourth-order valence-electron chi connectivity index (χ4n) is 2.27. The summed E-state index contributed by atoms with van der Waals surface area (Å²) in [5, 5.41) is 3.32. The average Bonchev–Trinajstić information content (AvgIpc) is 2.90. The molecule has 0 spiro atoms. The highest BCUT2D eigenvalue weighted by molar-refractivity contribution is 5.27. The standard InChI is InChI=1S/C16H20FNO/c1-12-10-14(17)6-5-13(12)11-15(18-2)7-8-16-4-3-9-19-16/h3-6,9-10,15,18H,7-8,11H2,1-2H3. The van der Waals surface area contributed by atoms with Crippen LogP contribution >= 0.6 is 0 Å². The van der Waals surface area contributed by atoms with Crippen molar-refractivity contribution in [3.63, 3.8) is 0 Å². The second-order valence-corrected chi connectivity index (χ2v) is 4.88. The van der Waals surface area contributed by atoms with E-state index in [1.807, 2.05) is 32.2 Å². The van der Waals surface area contributed by atoms with Crippen LogP contribution in [0.3, 0.4) is 0 Å². The number of furan rings is 1. The zero-order valence-electron chi connectivity index (χ0n) is 11.4. The monoisotopic (exact) mass is 261 g/mol. The summed E-state index contributed by atoms with van der Waals surface area (Å²) in [6, 6.07) is 9.27. The Morgan fingerprint density at radius 3 is 2.79 bits per heavy atom. The second kappa shape index (κ2) is 6.53. The van der Waals surface area contributed by atoms with Crippen molar-refractivity contribution in [2.75, 3.05) is 7.05 Å². The number of benzene rings is 1. The van der Waals surface area contributed by atoms with E-state index in [9.17, 15) is 4.39 Å². The number of aryl methyl sites for hydroxylation is 2. The maximum absolute atomic E-state index is 13.1. The van der Waals surface area contributed by atoms with Crippen molar-refractivity contribution >= 4 is 0 Å². The first-order chi connectivity index (χ1) is 9.19. The van der Waals surface area contributed by atoms with Gasteiger partial charge in [-0.1, -0.05) is 6.07 Å². The topological polar surface area (TPSA) is 25.2 Å². The van der Waals surface area contributed by atoms with E-state index < -0.39 is 0 Å². The minimum Gasteiger partial charge on any atom is -0.469 e. The summed E-state index contributed by atoms with van der Waals surface area (Å²) in [7, 11) is 1.96. The van der Waals surface area contributed by atoms with Crippen molar-refractivity contribution in [2.45, 2.75) is 32.2 Å². The van der Waals surface area contributed by atoms with Crippen molar-refractivity contribution in [1.82, 2.24) is 5.32 Å². The van der Waals surface area contributed by atoms with Crippen LogP contribution in [0, 0.1) is 12.7 Å². The van der Waals surface area contributed by atoms with E-state index in [0.29, 0.717) is 6.04 Å². The first kappa shape index (κ1) is 13.8. The number of halogens is 1. The molecule has 1 aromatic heterocycles. The average molecular weight is 261 g/mol. The molecule has 102 valence electrons. The van der Waals surface area contributed by atoms with Gasteiger partial charge in [-0.3, -0.25) is 0 Å². The van der Waals surface area contributed by atoms with E-state index in [4.69, 9.17) is 4.42 Å². The smallest absolute Gasteiger partial charge is 0.123 e. The molecular weight excluding hydrogens is 241 g/mol. The molecule has 1 aromatic carbocycles. The van der Waals surface area contributed by atoms with Gasteiger partial charge < -0.3 is 9.73 Å². The number of rotatable bonds is 6. The van der Waals surface area contributed by atoms with Gasteiger partial charge in [0.1, 0.15) is 11.6 Å². The largest absolute Gasteiger partial charge is 0.469 e. The minimum absolute atomic E-state index is 0.169. The molecule has 0 radical (unpaired) electrons. The van der Waals surface area contributed by atoms with Gasteiger partial charge in [-0.2, -0.15) is 0 Å². The molecule has 1 heterocycles. The summed E-state index contributed by atoms with van der Waals surface area (Å²) in [6.45, 7) is 1.96. The maximum atomic E-state index is 13.1. The lowest BCUT2D eigenvalue weighted by molar-refractivity contribution is 0.460. The van der Waals surface area contributed by atoms with E-state index in [1.54, 1.807) is 12.3 Å². The molecule has 0 saturated heterocycles. The molecule has 0 amide bonds. The van der Waals surface area contributed by atoms with Crippen LogP contribution in [0.25, 0.3) is 0 Å². The quantitative estimate of drug-likeness (QED) is 0.861. The Morgan fingerprint density at radius 1 is 1.32 bits per heavy atom. The fraction of sp³-hybridized carbons (Fsp3) is 0.375. The summed E-state index contributed by atoms with van der Waals surface area (Å²) in [6.07, 6.45) is 4.52. The van der Waals surface area contributed by atoms with Crippen molar-refractivity contribution < 1.29 is 8.81 Å². The van der Waals surface area contributed by atoms with Crippen molar-refractivity contribution in [3.8, 4) is 0 Å². The number of hydrogen-bond donors (Lipinski definition) is 1. The lowest BCUT2D eigenvalue weighted by Gasteiger charge is -2.17. The lowest BCUT2D eigenvalue weighted by Crippen LogP contribution is -2.28. The molecule has 0 aliphatic heterocycles. The summed E-state index contributed by atoms with van der Waals surface area (Å²) in [5.41, 5.74) is 2.21. The predicted octanol–water partition coefficient (Wildman–Crippen LogP) is 3.49. The SMILES string of the molecule is CNC(CCc1ccco1)Cc1ccc(F)cc1C. The summed E-state index contributed by atoms with van der Waals surface area (Å²) < 4.78 is 18.4. The molecule has 0 aliphatic carbocycles. The fourth-order valence-corrected chi connectivity index (χ4v) is 2.27. The molecule has 0 bridgehead atoms. The Balaban J connectivity index is 1.94. The Kier molecular flexibility index (Phi) is 4.74. The van der Waals surface area contributed by atoms with Crippen LogP contribution in [0.4, 0.5) is 4.39 Å². The molecule has 0 fully saturated rings. The zero-order chi connectivity index (χ0) is 13.7. The van der Waals surface area contributed by atoms with Gasteiger partial charge in [-0.25, -0.2) is 4.39 Å². The van der Waals surface area contributed by atoms with E-state index in [0.717, 1.165) is 30.6 Å². The second-order valence-electron chi connectivity index (χ2n) is 4.88. The molecule has 1 atom stereocenters. The highest BCUT2D eigenvalue weighted by Crippen LogP contribution is 2.15. The Labute approximate surface area is 113 Å². The molecule has 1 N–H and O–H groups in total. The number of likely N-dealkylation sites (N-methyl/N-ethyl adjacent to an activating group) is 1. The molecule has 0 saturated carbocycles. The van der Waals surface area contributed by atoms with Crippen molar-refractivity contribution in [2.24, 2.45) is 0 Å². The van der Waals surface area contributed by atoms with Gasteiger partial charge in [0.25, 0.3) is 0 Å². The third kappa shape index (κ3) is 3.93. The molecule has 2 rings (SSSR count). The van der Waals surface area contributed by atoms with Gasteiger partial charge in [-0.05, 0) is 62.2 Å². The van der Waals surface area contributed by atoms with Crippen LogP contribution < -0.4 is 5.32 Å². The number of nitrogens with one attached hydrogen (secondary N) is 1. The van der Waals surface area contributed by atoms with Gasteiger partial charge in [0.05, 0.1) is 6.26 Å². The minimum atomic E-state index is -0.169. The van der Waals surface area contributed by atoms with Gasteiger partial charge >= 0.3 is 0 Å². The molecule has 0 aliphatic rings.